The summed E-state index contributed by atoms with van der Waals surface area (Å²) in [6, 6.07) is 8.27. The Bertz CT molecular complexity index is 979. The minimum atomic E-state index is -0.191. The minimum absolute atomic E-state index is 0.0542. The lowest BCUT2D eigenvalue weighted by Crippen LogP contribution is -2.33. The van der Waals surface area contributed by atoms with Gasteiger partial charge in [-0.15, -0.1) is 0 Å². The Morgan fingerprint density at radius 1 is 0.698 bits per heavy atom. The second-order valence-corrected chi connectivity index (χ2v) is 13.3. The number of rotatable bonds is 15. The average Bonchev–Trinajstić information content (AvgIpc) is 3.04. The van der Waals surface area contributed by atoms with E-state index in [2.05, 4.69) is 25.6 Å². The van der Waals surface area contributed by atoms with Crippen LogP contribution in [0.1, 0.15) is 122 Å². The van der Waals surface area contributed by atoms with Crippen LogP contribution in [-0.2, 0) is 23.8 Å². The number of aryl methyl sites for hydroxylation is 1. The van der Waals surface area contributed by atoms with Crippen LogP contribution in [0.15, 0.2) is 36.6 Å². The number of hydrogen-bond acceptors (Lipinski definition) is 6. The number of unbranched alkanes of at least 4 members (excludes halogenated alkanes) is 3. The molecule has 0 amide bonds. The first-order valence-corrected chi connectivity index (χ1v) is 17.3. The molecule has 3 aliphatic rings. The first-order chi connectivity index (χ1) is 20.9. The van der Waals surface area contributed by atoms with Crippen LogP contribution in [-0.4, -0.2) is 37.4 Å². The first kappa shape index (κ1) is 33.6. The van der Waals surface area contributed by atoms with Gasteiger partial charge in [0.05, 0.1) is 24.5 Å². The number of esters is 2. The molecule has 0 atom stereocenters. The molecule has 1 aromatic carbocycles. The highest BCUT2D eigenvalue weighted by Crippen LogP contribution is 2.40. The van der Waals surface area contributed by atoms with Gasteiger partial charge in [0.15, 0.2) is 0 Å². The van der Waals surface area contributed by atoms with Crippen molar-refractivity contribution in [2.75, 3.05) is 13.2 Å². The first-order valence-electron chi connectivity index (χ1n) is 17.3. The predicted molar refractivity (Wildman–Crippen MR) is 170 cm³/mol. The van der Waals surface area contributed by atoms with Crippen molar-refractivity contribution in [1.82, 2.24) is 0 Å². The maximum absolute atomic E-state index is 12.9. The largest absolute Gasteiger partial charge is 0.494 e. The molecule has 0 heterocycles. The van der Waals surface area contributed by atoms with Crippen molar-refractivity contribution in [1.29, 1.82) is 0 Å². The summed E-state index contributed by atoms with van der Waals surface area (Å²) in [4.78, 5) is 25.1. The van der Waals surface area contributed by atoms with E-state index in [4.69, 9.17) is 18.9 Å². The van der Waals surface area contributed by atoms with E-state index in [1.54, 1.807) is 0 Å². The zero-order valence-corrected chi connectivity index (χ0v) is 26.9. The number of carbonyl (C=O) groups excluding carboxylic acids is 2. The lowest BCUT2D eigenvalue weighted by Gasteiger charge is -2.38. The van der Waals surface area contributed by atoms with Gasteiger partial charge in [-0.25, -0.2) is 0 Å². The molecule has 6 nitrogen and oxygen atoms in total. The van der Waals surface area contributed by atoms with E-state index in [0.717, 1.165) is 56.5 Å². The maximum atomic E-state index is 12.9. The fourth-order valence-corrected chi connectivity index (χ4v) is 7.16. The predicted octanol–water partition coefficient (Wildman–Crippen LogP) is 8.88. The van der Waals surface area contributed by atoms with Crippen LogP contribution < -0.4 is 4.74 Å². The van der Waals surface area contributed by atoms with Crippen molar-refractivity contribution in [3.63, 3.8) is 0 Å². The minimum Gasteiger partial charge on any atom is -0.494 e. The van der Waals surface area contributed by atoms with Gasteiger partial charge in [0.25, 0.3) is 0 Å². The molecule has 0 unspecified atom stereocenters. The third-order valence-electron chi connectivity index (χ3n) is 10.1. The van der Waals surface area contributed by atoms with Gasteiger partial charge in [-0.2, -0.15) is 0 Å². The highest BCUT2D eigenvalue weighted by Gasteiger charge is 2.35. The van der Waals surface area contributed by atoms with Gasteiger partial charge in [0.1, 0.15) is 17.6 Å². The Balaban J connectivity index is 1.000. The molecule has 3 aliphatic carbocycles. The van der Waals surface area contributed by atoms with Crippen molar-refractivity contribution in [3.8, 4) is 5.75 Å². The summed E-state index contributed by atoms with van der Waals surface area (Å²) in [7, 11) is 0. The Labute approximate surface area is 260 Å². The zero-order chi connectivity index (χ0) is 30.4. The second kappa shape index (κ2) is 17.8. The number of benzene rings is 1. The Hall–Kier alpha value is -2.34. The van der Waals surface area contributed by atoms with Crippen molar-refractivity contribution < 1.29 is 28.5 Å². The topological polar surface area (TPSA) is 71.1 Å². The maximum Gasteiger partial charge on any atom is 0.313 e. The smallest absolute Gasteiger partial charge is 0.313 e. The van der Waals surface area contributed by atoms with E-state index >= 15 is 0 Å². The van der Waals surface area contributed by atoms with Crippen LogP contribution in [0.5, 0.6) is 5.75 Å². The molecule has 240 valence electrons. The van der Waals surface area contributed by atoms with E-state index < -0.39 is 0 Å². The highest BCUT2D eigenvalue weighted by molar-refractivity contribution is 5.75. The fourth-order valence-electron chi connectivity index (χ4n) is 7.16. The van der Waals surface area contributed by atoms with Crippen molar-refractivity contribution in [3.05, 3.63) is 42.2 Å². The molecule has 0 radical (unpaired) electrons. The van der Waals surface area contributed by atoms with E-state index in [9.17, 15) is 9.59 Å². The van der Waals surface area contributed by atoms with Gasteiger partial charge in [-0.3, -0.25) is 9.59 Å². The lowest BCUT2D eigenvalue weighted by molar-refractivity contribution is -0.159. The van der Waals surface area contributed by atoms with Crippen molar-refractivity contribution >= 4 is 11.9 Å². The van der Waals surface area contributed by atoms with Gasteiger partial charge in [0.2, 0.25) is 0 Å². The van der Waals surface area contributed by atoms with Crippen LogP contribution in [0.2, 0.25) is 0 Å². The van der Waals surface area contributed by atoms with Gasteiger partial charge < -0.3 is 18.9 Å². The Morgan fingerprint density at radius 3 is 1.81 bits per heavy atom. The van der Waals surface area contributed by atoms with E-state index in [-0.39, 0.29) is 29.9 Å². The van der Waals surface area contributed by atoms with E-state index in [1.165, 1.54) is 56.9 Å². The van der Waals surface area contributed by atoms with Crippen LogP contribution in [0.25, 0.3) is 0 Å². The quantitative estimate of drug-likeness (QED) is 0.114. The molecule has 3 saturated carbocycles. The SMILES string of the molecule is C=C(CC)OC(=O)C1CCC(C(=O)OC2CCC(C3CCC(OCCCCCCOc4ccc(C)cc4)CC3)CC2)CC1. The average molecular weight is 597 g/mol. The summed E-state index contributed by atoms with van der Waals surface area (Å²) in [5, 5.41) is 0. The molecule has 4 rings (SSSR count). The van der Waals surface area contributed by atoms with Crippen LogP contribution in [0.4, 0.5) is 0 Å². The molecule has 0 saturated heterocycles. The Kier molecular flexibility index (Phi) is 13.9. The summed E-state index contributed by atoms with van der Waals surface area (Å²) < 4.78 is 23.4. The fraction of sp³-hybridized carbons (Fsp3) is 0.730. The summed E-state index contributed by atoms with van der Waals surface area (Å²) in [6.45, 7) is 9.44. The number of carbonyl (C=O) groups is 2. The number of allylic oxidation sites excluding steroid dienone is 1. The van der Waals surface area contributed by atoms with E-state index in [0.29, 0.717) is 44.0 Å². The normalized spacial score (nSPS) is 27.7. The summed E-state index contributed by atoms with van der Waals surface area (Å²) >= 11 is 0. The molecule has 0 N–H and O–H groups in total. The monoisotopic (exact) mass is 596 g/mol. The van der Waals surface area contributed by atoms with Gasteiger partial charge in [-0.1, -0.05) is 37.6 Å². The molecule has 6 heteroatoms. The van der Waals surface area contributed by atoms with Crippen LogP contribution >= 0.6 is 0 Å². The molecule has 0 aliphatic heterocycles. The summed E-state index contributed by atoms with van der Waals surface area (Å²) in [5.41, 5.74) is 1.26. The molecule has 0 aromatic heterocycles. The molecule has 3 fully saturated rings. The molecule has 0 bridgehead atoms. The van der Waals surface area contributed by atoms with Crippen molar-refractivity contribution in [2.24, 2.45) is 23.7 Å². The second-order valence-electron chi connectivity index (χ2n) is 13.3. The molecule has 43 heavy (non-hydrogen) atoms. The lowest BCUT2D eigenvalue weighted by atomic mass is 9.72. The standard InChI is InChI=1S/C37H56O6/c1-4-28(3)42-36(38)31-11-13-32(14-12-31)37(39)43-35-23-17-30(18-24-35)29-15-21-34(22-16-29)41-26-8-6-5-7-25-40-33-19-9-27(2)10-20-33/h9-10,19-20,29-32,34-35H,3-8,11-18,21-26H2,1-2H3. The highest BCUT2D eigenvalue weighted by atomic mass is 16.5. The third kappa shape index (κ3) is 11.3. The summed E-state index contributed by atoms with van der Waals surface area (Å²) in [6.07, 6.45) is 17.8. The summed E-state index contributed by atoms with van der Waals surface area (Å²) in [5.74, 6) is 2.59. The molecule has 1 aromatic rings. The number of hydrogen-bond donors (Lipinski definition) is 0. The van der Waals surface area contributed by atoms with Crippen LogP contribution in [0.3, 0.4) is 0 Å². The molecule has 0 spiro atoms. The van der Waals surface area contributed by atoms with Crippen molar-refractivity contribution in [2.45, 2.75) is 135 Å². The zero-order valence-electron chi connectivity index (χ0n) is 26.9. The van der Waals surface area contributed by atoms with Crippen LogP contribution in [0, 0.1) is 30.6 Å². The van der Waals surface area contributed by atoms with Gasteiger partial charge >= 0.3 is 11.9 Å². The molecular weight excluding hydrogens is 540 g/mol. The number of ether oxygens (including phenoxy) is 4. The van der Waals surface area contributed by atoms with Gasteiger partial charge in [0, 0.05) is 13.0 Å². The molecular formula is C37H56O6. The Morgan fingerprint density at radius 2 is 1.23 bits per heavy atom. The van der Waals surface area contributed by atoms with Gasteiger partial charge in [-0.05, 0) is 127 Å². The third-order valence-corrected chi connectivity index (χ3v) is 10.1. The van der Waals surface area contributed by atoms with E-state index in [1.807, 2.05) is 19.1 Å².